The van der Waals surface area contributed by atoms with Gasteiger partial charge >= 0.3 is 5.97 Å². The molecule has 1 heterocycles. The summed E-state index contributed by atoms with van der Waals surface area (Å²) in [4.78, 5) is 20.6. The summed E-state index contributed by atoms with van der Waals surface area (Å²) < 4.78 is 5.71. The molecular weight excluding hydrogens is 328 g/mol. The van der Waals surface area contributed by atoms with E-state index in [0.29, 0.717) is 23.1 Å². The van der Waals surface area contributed by atoms with E-state index in [-0.39, 0.29) is 23.3 Å². The van der Waals surface area contributed by atoms with Crippen molar-refractivity contribution < 1.29 is 14.6 Å². The topological polar surface area (TPSA) is 72.3 Å². The summed E-state index contributed by atoms with van der Waals surface area (Å²) in [6, 6.07) is 7.16. The number of carboxylic acid groups (broad SMARTS) is 1. The van der Waals surface area contributed by atoms with Crippen molar-refractivity contribution in [3.63, 3.8) is 0 Å². The molecule has 1 N–H and O–H groups in total. The molecule has 0 unspecified atom stereocenters. The fraction of sp³-hybridized carbons (Fsp3) is 0.389. The molecule has 2 aromatic rings. The zero-order valence-electron chi connectivity index (χ0n) is 13.6. The van der Waals surface area contributed by atoms with Gasteiger partial charge in [-0.1, -0.05) is 25.4 Å². The van der Waals surface area contributed by atoms with Crippen LogP contribution in [-0.2, 0) is 0 Å². The Hall–Kier alpha value is -2.14. The second-order valence-corrected chi connectivity index (χ2v) is 6.84. The summed E-state index contributed by atoms with van der Waals surface area (Å²) >= 11 is 5.93. The minimum atomic E-state index is -1.04. The number of ether oxygens (including phenoxy) is 1. The molecule has 1 aliphatic carbocycles. The second-order valence-electron chi connectivity index (χ2n) is 6.40. The molecule has 0 amide bonds. The minimum absolute atomic E-state index is 0.0934. The standard InChI is InChI=1S/C18H19ClN2O3/c1-10(2)9-24-17-14(18(22)23)15(11-3-4-11)20-16(21-17)12-5-7-13(19)8-6-12/h5-8,10-11H,3-4,9H2,1-2H3,(H,22,23). The lowest BCUT2D eigenvalue weighted by Crippen LogP contribution is -2.14. The number of carbonyl (C=O) groups is 1. The SMILES string of the molecule is CC(C)COc1nc(-c2ccc(Cl)cc2)nc(C2CC2)c1C(=O)O. The normalized spacial score (nSPS) is 14.0. The first-order chi connectivity index (χ1) is 11.5. The van der Waals surface area contributed by atoms with Gasteiger partial charge in [-0.3, -0.25) is 0 Å². The van der Waals surface area contributed by atoms with E-state index >= 15 is 0 Å². The van der Waals surface area contributed by atoms with Gasteiger partial charge in [0.2, 0.25) is 5.88 Å². The highest BCUT2D eigenvalue weighted by Crippen LogP contribution is 2.43. The summed E-state index contributed by atoms with van der Waals surface area (Å²) in [5.41, 5.74) is 1.45. The molecule has 126 valence electrons. The molecule has 0 radical (unpaired) electrons. The maximum Gasteiger partial charge on any atom is 0.343 e. The summed E-state index contributed by atoms with van der Waals surface area (Å²) in [5, 5.41) is 10.2. The number of benzene rings is 1. The number of aromatic nitrogens is 2. The van der Waals surface area contributed by atoms with Crippen LogP contribution in [0.5, 0.6) is 5.88 Å². The Labute approximate surface area is 145 Å². The zero-order valence-corrected chi connectivity index (χ0v) is 14.4. The fourth-order valence-corrected chi connectivity index (χ4v) is 2.51. The van der Waals surface area contributed by atoms with Crippen LogP contribution in [0.2, 0.25) is 5.02 Å². The van der Waals surface area contributed by atoms with Crippen molar-refractivity contribution in [2.75, 3.05) is 6.61 Å². The highest BCUT2D eigenvalue weighted by atomic mass is 35.5. The van der Waals surface area contributed by atoms with E-state index in [0.717, 1.165) is 18.4 Å². The predicted molar refractivity (Wildman–Crippen MR) is 91.7 cm³/mol. The largest absolute Gasteiger partial charge is 0.477 e. The molecule has 0 spiro atoms. The summed E-state index contributed by atoms with van der Waals surface area (Å²) in [5.74, 6) is 0.0187. The van der Waals surface area contributed by atoms with Crippen LogP contribution in [0.4, 0.5) is 0 Å². The van der Waals surface area contributed by atoms with Crippen molar-refractivity contribution in [1.29, 1.82) is 0 Å². The first kappa shape index (κ1) is 16.7. The maximum atomic E-state index is 11.7. The molecule has 0 saturated heterocycles. The quantitative estimate of drug-likeness (QED) is 0.838. The van der Waals surface area contributed by atoms with Gasteiger partial charge in [0.15, 0.2) is 5.82 Å². The van der Waals surface area contributed by atoms with Crippen molar-refractivity contribution in [3.8, 4) is 17.3 Å². The van der Waals surface area contributed by atoms with Crippen molar-refractivity contribution in [3.05, 3.63) is 40.5 Å². The van der Waals surface area contributed by atoms with Gasteiger partial charge in [0, 0.05) is 16.5 Å². The molecule has 3 rings (SSSR count). The van der Waals surface area contributed by atoms with E-state index in [2.05, 4.69) is 9.97 Å². The molecule has 1 aliphatic rings. The van der Waals surface area contributed by atoms with Crippen LogP contribution in [0.3, 0.4) is 0 Å². The Kier molecular flexibility index (Phi) is 4.71. The highest BCUT2D eigenvalue weighted by molar-refractivity contribution is 6.30. The molecule has 1 aromatic carbocycles. The maximum absolute atomic E-state index is 11.7. The first-order valence-corrected chi connectivity index (χ1v) is 8.37. The molecule has 0 bridgehead atoms. The van der Waals surface area contributed by atoms with Crippen LogP contribution in [0.1, 0.15) is 48.7 Å². The monoisotopic (exact) mass is 346 g/mol. The average Bonchev–Trinajstić information content (AvgIpc) is 3.37. The third kappa shape index (κ3) is 3.67. The van der Waals surface area contributed by atoms with Crippen molar-refractivity contribution >= 4 is 17.6 Å². The number of halogens is 1. The number of nitrogens with zero attached hydrogens (tertiary/aromatic N) is 2. The van der Waals surface area contributed by atoms with Gasteiger partial charge in [0.1, 0.15) is 5.56 Å². The van der Waals surface area contributed by atoms with Crippen LogP contribution in [-0.4, -0.2) is 27.7 Å². The van der Waals surface area contributed by atoms with E-state index in [1.54, 1.807) is 12.1 Å². The van der Waals surface area contributed by atoms with Crippen molar-refractivity contribution in [1.82, 2.24) is 9.97 Å². The molecule has 6 heteroatoms. The van der Waals surface area contributed by atoms with Crippen molar-refractivity contribution in [2.24, 2.45) is 5.92 Å². The smallest absolute Gasteiger partial charge is 0.343 e. The Morgan fingerprint density at radius 1 is 1.29 bits per heavy atom. The molecule has 1 aromatic heterocycles. The Morgan fingerprint density at radius 2 is 1.96 bits per heavy atom. The van der Waals surface area contributed by atoms with Gasteiger partial charge in [0.05, 0.1) is 12.3 Å². The molecule has 1 saturated carbocycles. The number of rotatable bonds is 6. The summed E-state index contributed by atoms with van der Waals surface area (Å²) in [6.07, 6.45) is 1.89. The fourth-order valence-electron chi connectivity index (χ4n) is 2.39. The first-order valence-electron chi connectivity index (χ1n) is 7.99. The number of aromatic carboxylic acids is 1. The Balaban J connectivity index is 2.09. The van der Waals surface area contributed by atoms with E-state index in [1.165, 1.54) is 0 Å². The average molecular weight is 347 g/mol. The lowest BCUT2D eigenvalue weighted by atomic mass is 10.1. The van der Waals surface area contributed by atoms with Gasteiger partial charge in [-0.25, -0.2) is 9.78 Å². The lowest BCUT2D eigenvalue weighted by Gasteiger charge is -2.14. The molecule has 0 atom stereocenters. The van der Waals surface area contributed by atoms with E-state index in [4.69, 9.17) is 16.3 Å². The van der Waals surface area contributed by atoms with Crippen LogP contribution < -0.4 is 4.74 Å². The van der Waals surface area contributed by atoms with Crippen LogP contribution in [0.15, 0.2) is 24.3 Å². The van der Waals surface area contributed by atoms with Crippen LogP contribution in [0.25, 0.3) is 11.4 Å². The van der Waals surface area contributed by atoms with E-state index in [9.17, 15) is 9.90 Å². The number of hydrogen-bond donors (Lipinski definition) is 1. The van der Waals surface area contributed by atoms with E-state index < -0.39 is 5.97 Å². The van der Waals surface area contributed by atoms with Gasteiger partial charge < -0.3 is 9.84 Å². The predicted octanol–water partition coefficient (Wildman–Crippen LogP) is 4.41. The Bertz CT molecular complexity index is 756. The molecule has 24 heavy (non-hydrogen) atoms. The molecule has 5 nitrogen and oxygen atoms in total. The number of hydrogen-bond acceptors (Lipinski definition) is 4. The third-order valence-electron chi connectivity index (χ3n) is 3.74. The molecular formula is C18H19ClN2O3. The lowest BCUT2D eigenvalue weighted by molar-refractivity contribution is 0.0688. The van der Waals surface area contributed by atoms with Gasteiger partial charge in [0.25, 0.3) is 0 Å². The third-order valence-corrected chi connectivity index (χ3v) is 3.99. The zero-order chi connectivity index (χ0) is 17.3. The van der Waals surface area contributed by atoms with Crippen molar-refractivity contribution in [2.45, 2.75) is 32.6 Å². The van der Waals surface area contributed by atoms with Gasteiger partial charge in [-0.05, 0) is 43.0 Å². The highest BCUT2D eigenvalue weighted by Gasteiger charge is 2.33. The summed E-state index contributed by atoms with van der Waals surface area (Å²) in [7, 11) is 0. The van der Waals surface area contributed by atoms with Gasteiger partial charge in [-0.15, -0.1) is 0 Å². The summed E-state index contributed by atoms with van der Waals surface area (Å²) in [6.45, 7) is 4.41. The van der Waals surface area contributed by atoms with E-state index in [1.807, 2.05) is 26.0 Å². The molecule has 1 fully saturated rings. The second kappa shape index (κ2) is 6.77. The van der Waals surface area contributed by atoms with Gasteiger partial charge in [-0.2, -0.15) is 4.98 Å². The molecule has 0 aliphatic heterocycles. The van der Waals surface area contributed by atoms with Crippen LogP contribution in [0, 0.1) is 5.92 Å². The number of carboxylic acids is 1. The van der Waals surface area contributed by atoms with Crippen LogP contribution >= 0.6 is 11.6 Å². The Morgan fingerprint density at radius 3 is 2.50 bits per heavy atom. The minimum Gasteiger partial charge on any atom is -0.477 e.